The number of β-amino-alcohol motifs (C(OH)–C–C–N with tert-alkyl or cyclic N) is 1. The zero-order valence-corrected chi connectivity index (χ0v) is 14.2. The number of amides is 1. The van der Waals surface area contributed by atoms with E-state index in [4.69, 9.17) is 5.26 Å². The second-order valence-electron chi connectivity index (χ2n) is 6.51. The Morgan fingerprint density at radius 1 is 1.40 bits per heavy atom. The molecule has 1 amide bonds. The molecule has 2 unspecified atom stereocenters. The molecule has 6 heteroatoms. The van der Waals surface area contributed by atoms with Gasteiger partial charge in [-0.25, -0.2) is 0 Å². The fraction of sp³-hybridized carbons (Fsp3) is 0.368. The first kappa shape index (κ1) is 17.2. The summed E-state index contributed by atoms with van der Waals surface area (Å²) in [5.74, 6) is -0.204. The van der Waals surface area contributed by atoms with Crippen LogP contribution in [0.5, 0.6) is 0 Å². The molecule has 1 aromatic carbocycles. The Hall–Kier alpha value is -2.62. The highest BCUT2D eigenvalue weighted by molar-refractivity contribution is 5.93. The maximum atomic E-state index is 12.4. The van der Waals surface area contributed by atoms with Gasteiger partial charge in [0.2, 0.25) is 0 Å². The number of nitriles is 1. The normalized spacial score (nSPS) is 20.4. The van der Waals surface area contributed by atoms with Crippen LogP contribution in [0.1, 0.15) is 28.0 Å². The molecule has 2 aromatic rings. The van der Waals surface area contributed by atoms with Crippen LogP contribution < -0.4 is 5.32 Å². The molecule has 1 fully saturated rings. The van der Waals surface area contributed by atoms with Crippen molar-refractivity contribution in [1.82, 2.24) is 14.8 Å². The Morgan fingerprint density at radius 2 is 2.16 bits per heavy atom. The van der Waals surface area contributed by atoms with Crippen LogP contribution in [0.2, 0.25) is 0 Å². The number of carbonyl (C=O) groups excluding carboxylic acids is 1. The topological polar surface area (TPSA) is 81.3 Å². The summed E-state index contributed by atoms with van der Waals surface area (Å²) in [4.78, 5) is 14.6. The van der Waals surface area contributed by atoms with Crippen molar-refractivity contribution >= 4 is 5.91 Å². The van der Waals surface area contributed by atoms with Gasteiger partial charge >= 0.3 is 0 Å². The van der Waals surface area contributed by atoms with E-state index in [0.29, 0.717) is 30.8 Å². The standard InChI is InChI=1S/C19H22N4O2/c1-22-11-15(9-20)7-18(22)19(25)21-10-16-8-17(24)13-23(16)12-14-5-3-2-4-6-14/h2-7,11,16-17,24H,8,10,12-13H2,1H3,(H,21,25). The molecule has 1 aliphatic rings. The van der Waals surface area contributed by atoms with Gasteiger partial charge in [-0.2, -0.15) is 5.26 Å². The summed E-state index contributed by atoms with van der Waals surface area (Å²) in [6.07, 6.45) is 1.91. The second-order valence-corrected chi connectivity index (χ2v) is 6.51. The molecule has 0 aliphatic carbocycles. The average molecular weight is 338 g/mol. The van der Waals surface area contributed by atoms with Crippen molar-refractivity contribution < 1.29 is 9.90 Å². The third-order valence-electron chi connectivity index (χ3n) is 4.60. The van der Waals surface area contributed by atoms with Crippen molar-refractivity contribution in [1.29, 1.82) is 5.26 Å². The highest BCUT2D eigenvalue weighted by atomic mass is 16.3. The van der Waals surface area contributed by atoms with Crippen LogP contribution in [0.15, 0.2) is 42.6 Å². The van der Waals surface area contributed by atoms with Crippen LogP contribution in [-0.2, 0) is 13.6 Å². The summed E-state index contributed by atoms with van der Waals surface area (Å²) in [5.41, 5.74) is 2.12. The van der Waals surface area contributed by atoms with Crippen molar-refractivity contribution in [2.75, 3.05) is 13.1 Å². The summed E-state index contributed by atoms with van der Waals surface area (Å²) >= 11 is 0. The van der Waals surface area contributed by atoms with Crippen molar-refractivity contribution in [3.05, 3.63) is 59.4 Å². The maximum Gasteiger partial charge on any atom is 0.267 e. The van der Waals surface area contributed by atoms with E-state index in [2.05, 4.69) is 22.3 Å². The lowest BCUT2D eigenvalue weighted by Crippen LogP contribution is -2.40. The molecule has 0 spiro atoms. The summed E-state index contributed by atoms with van der Waals surface area (Å²) in [6.45, 7) is 1.83. The van der Waals surface area contributed by atoms with Crippen molar-refractivity contribution in [2.24, 2.45) is 7.05 Å². The smallest absolute Gasteiger partial charge is 0.267 e. The lowest BCUT2D eigenvalue weighted by Gasteiger charge is -2.24. The van der Waals surface area contributed by atoms with Crippen molar-refractivity contribution in [3.8, 4) is 6.07 Å². The number of nitrogens with one attached hydrogen (secondary N) is 1. The third kappa shape index (κ3) is 4.08. The SMILES string of the molecule is Cn1cc(C#N)cc1C(=O)NCC1CC(O)CN1Cc1ccccc1. The van der Waals surface area contributed by atoms with Gasteiger partial charge in [-0.15, -0.1) is 0 Å². The summed E-state index contributed by atoms with van der Waals surface area (Å²) in [6, 6.07) is 13.8. The number of aryl methyl sites for hydroxylation is 1. The van der Waals surface area contributed by atoms with Crippen molar-refractivity contribution in [3.63, 3.8) is 0 Å². The number of benzene rings is 1. The summed E-state index contributed by atoms with van der Waals surface area (Å²) in [5, 5.41) is 21.9. The quantitative estimate of drug-likeness (QED) is 0.860. The number of nitrogens with zero attached hydrogens (tertiary/aromatic N) is 3. The molecular weight excluding hydrogens is 316 g/mol. The number of carbonyl (C=O) groups is 1. The van der Waals surface area contributed by atoms with Crippen LogP contribution in [0.25, 0.3) is 0 Å². The fourth-order valence-corrected chi connectivity index (χ4v) is 3.33. The summed E-state index contributed by atoms with van der Waals surface area (Å²) < 4.78 is 1.65. The van der Waals surface area contributed by atoms with E-state index in [1.54, 1.807) is 23.9 Å². The highest BCUT2D eigenvalue weighted by Gasteiger charge is 2.31. The minimum atomic E-state index is -0.370. The molecule has 1 aromatic heterocycles. The molecule has 2 N–H and O–H groups in total. The number of hydrogen-bond acceptors (Lipinski definition) is 4. The van der Waals surface area contributed by atoms with Crippen LogP contribution in [0.3, 0.4) is 0 Å². The zero-order chi connectivity index (χ0) is 17.8. The van der Waals surface area contributed by atoms with E-state index in [9.17, 15) is 9.90 Å². The number of likely N-dealkylation sites (tertiary alicyclic amines) is 1. The molecule has 3 rings (SSSR count). The first-order valence-electron chi connectivity index (χ1n) is 8.37. The Balaban J connectivity index is 1.61. The van der Waals surface area contributed by atoms with Crippen LogP contribution in [0, 0.1) is 11.3 Å². The molecule has 2 atom stereocenters. The molecule has 0 saturated carbocycles. The molecule has 0 bridgehead atoms. The van der Waals surface area contributed by atoms with Gasteiger partial charge in [0.1, 0.15) is 11.8 Å². The lowest BCUT2D eigenvalue weighted by atomic mass is 10.1. The number of hydrogen-bond donors (Lipinski definition) is 2. The van der Waals surface area contributed by atoms with E-state index in [-0.39, 0.29) is 18.1 Å². The highest BCUT2D eigenvalue weighted by Crippen LogP contribution is 2.20. The van der Waals surface area contributed by atoms with Gasteiger partial charge in [0.05, 0.1) is 11.7 Å². The minimum Gasteiger partial charge on any atom is -0.392 e. The molecule has 2 heterocycles. The second kappa shape index (κ2) is 7.51. The van der Waals surface area contributed by atoms with E-state index in [1.807, 2.05) is 24.3 Å². The monoisotopic (exact) mass is 338 g/mol. The Labute approximate surface area is 147 Å². The van der Waals surface area contributed by atoms with Crippen LogP contribution >= 0.6 is 0 Å². The molecule has 25 heavy (non-hydrogen) atoms. The summed E-state index contributed by atoms with van der Waals surface area (Å²) in [7, 11) is 1.75. The number of rotatable bonds is 5. The first-order chi connectivity index (χ1) is 12.1. The lowest BCUT2D eigenvalue weighted by molar-refractivity contribution is 0.0931. The average Bonchev–Trinajstić information content (AvgIpc) is 3.16. The number of aliphatic hydroxyl groups excluding tert-OH is 1. The molecular formula is C19H22N4O2. The predicted molar refractivity (Wildman–Crippen MR) is 93.7 cm³/mol. The number of aliphatic hydroxyl groups is 1. The molecule has 6 nitrogen and oxygen atoms in total. The molecule has 0 radical (unpaired) electrons. The van der Waals surface area contributed by atoms with Crippen LogP contribution in [0.4, 0.5) is 0 Å². The first-order valence-corrected chi connectivity index (χ1v) is 8.37. The van der Waals surface area contributed by atoms with Gasteiger partial charge in [-0.05, 0) is 18.1 Å². The van der Waals surface area contributed by atoms with Gasteiger partial charge < -0.3 is 15.0 Å². The number of aromatic nitrogens is 1. The molecule has 1 saturated heterocycles. The molecule has 1 aliphatic heterocycles. The van der Waals surface area contributed by atoms with Gasteiger partial charge in [0.15, 0.2) is 0 Å². The van der Waals surface area contributed by atoms with E-state index in [0.717, 1.165) is 6.54 Å². The van der Waals surface area contributed by atoms with E-state index >= 15 is 0 Å². The Bertz CT molecular complexity index is 778. The fourth-order valence-electron chi connectivity index (χ4n) is 3.33. The van der Waals surface area contributed by atoms with Crippen molar-refractivity contribution in [2.45, 2.75) is 25.1 Å². The van der Waals surface area contributed by atoms with Gasteiger partial charge in [-0.1, -0.05) is 30.3 Å². The van der Waals surface area contributed by atoms with E-state index in [1.165, 1.54) is 5.56 Å². The van der Waals surface area contributed by atoms with Crippen LogP contribution in [-0.4, -0.2) is 45.7 Å². The van der Waals surface area contributed by atoms with E-state index < -0.39 is 0 Å². The maximum absolute atomic E-state index is 12.4. The minimum absolute atomic E-state index is 0.0925. The third-order valence-corrected chi connectivity index (χ3v) is 4.60. The zero-order valence-electron chi connectivity index (χ0n) is 14.2. The van der Waals surface area contributed by atoms with Gasteiger partial charge in [0, 0.05) is 38.9 Å². The predicted octanol–water partition coefficient (Wildman–Crippen LogP) is 1.26. The van der Waals surface area contributed by atoms with Gasteiger partial charge in [0.25, 0.3) is 5.91 Å². The van der Waals surface area contributed by atoms with Gasteiger partial charge in [-0.3, -0.25) is 9.69 Å². The Kier molecular flexibility index (Phi) is 5.17. The largest absolute Gasteiger partial charge is 0.392 e. The molecule has 130 valence electrons. The Morgan fingerprint density at radius 3 is 2.84 bits per heavy atom.